The Morgan fingerprint density at radius 3 is 2.46 bits per heavy atom. The molecule has 0 aliphatic rings. The first-order chi connectivity index (χ1) is 12.6. The maximum atomic E-state index is 4.84. The van der Waals surface area contributed by atoms with Gasteiger partial charge in [-0.2, -0.15) is 0 Å². The van der Waals surface area contributed by atoms with Gasteiger partial charge in [-0.3, -0.25) is 4.98 Å². The first kappa shape index (κ1) is 16.6. The van der Waals surface area contributed by atoms with Crippen LogP contribution < -0.4 is 0 Å². The van der Waals surface area contributed by atoms with Crippen LogP contribution in [0.15, 0.2) is 60.8 Å². The average molecular weight is 341 g/mol. The highest BCUT2D eigenvalue weighted by Gasteiger charge is 2.11. The van der Waals surface area contributed by atoms with Crippen LogP contribution in [-0.4, -0.2) is 15.0 Å². The van der Waals surface area contributed by atoms with E-state index in [1.54, 1.807) is 0 Å². The first-order valence-electron chi connectivity index (χ1n) is 9.21. The van der Waals surface area contributed by atoms with Gasteiger partial charge in [0.1, 0.15) is 5.82 Å². The molecular weight excluding hydrogens is 318 g/mol. The van der Waals surface area contributed by atoms with E-state index in [9.17, 15) is 0 Å². The Hall–Kier alpha value is -2.81. The van der Waals surface area contributed by atoms with E-state index < -0.39 is 0 Å². The second-order valence-electron chi connectivity index (χ2n) is 7.31. The van der Waals surface area contributed by atoms with E-state index in [-0.39, 0.29) is 0 Å². The fraction of sp³-hybridized carbons (Fsp3) is 0.261. The summed E-state index contributed by atoms with van der Waals surface area (Å²) in [5.41, 5.74) is 4.50. The molecule has 0 fully saturated rings. The topological polar surface area (TPSA) is 38.7 Å². The molecule has 0 radical (unpaired) electrons. The highest BCUT2D eigenvalue weighted by molar-refractivity contribution is 5.79. The van der Waals surface area contributed by atoms with Crippen LogP contribution in [0, 0.1) is 0 Å². The molecule has 0 bridgehead atoms. The van der Waals surface area contributed by atoms with Crippen molar-refractivity contribution in [3.63, 3.8) is 0 Å². The Kier molecular flexibility index (Phi) is 4.37. The summed E-state index contributed by atoms with van der Waals surface area (Å²) in [6.07, 6.45) is 2.90. The zero-order valence-corrected chi connectivity index (χ0v) is 15.5. The summed E-state index contributed by atoms with van der Waals surface area (Å²) < 4.78 is 0. The number of benzene rings is 2. The van der Waals surface area contributed by atoms with Crippen molar-refractivity contribution in [2.45, 2.75) is 39.0 Å². The van der Waals surface area contributed by atoms with Crippen molar-refractivity contribution in [1.29, 1.82) is 0 Å². The normalized spacial score (nSPS) is 12.8. The molecule has 2 heterocycles. The van der Waals surface area contributed by atoms with Crippen molar-refractivity contribution in [3.05, 3.63) is 77.9 Å². The van der Waals surface area contributed by atoms with Gasteiger partial charge in [-0.05, 0) is 36.2 Å². The quantitative estimate of drug-likeness (QED) is 0.481. The summed E-state index contributed by atoms with van der Waals surface area (Å²) in [5, 5.41) is 2.29. The van der Waals surface area contributed by atoms with Crippen LogP contribution in [0.4, 0.5) is 0 Å². The molecule has 4 aromatic rings. The molecule has 0 aliphatic carbocycles. The highest BCUT2D eigenvalue weighted by Crippen LogP contribution is 2.24. The van der Waals surface area contributed by atoms with Crippen molar-refractivity contribution in [3.8, 4) is 0 Å². The summed E-state index contributed by atoms with van der Waals surface area (Å²) in [5.74, 6) is 1.60. The molecule has 0 amide bonds. The maximum absolute atomic E-state index is 4.84. The lowest BCUT2D eigenvalue weighted by Gasteiger charge is -2.13. The molecular formula is C23H23N3. The number of aromatic nitrogens is 3. The molecule has 0 aliphatic heterocycles. The zero-order valence-electron chi connectivity index (χ0n) is 15.5. The third kappa shape index (κ3) is 3.30. The number of nitrogens with zero attached hydrogens (tertiary/aromatic N) is 3. The largest absolute Gasteiger partial charge is 0.253 e. The SMILES string of the molecule is CC(C)c1ncc2cc(CC(C)c3ccc4ccccc4n3)ccc2n1. The molecule has 2 aromatic heterocycles. The van der Waals surface area contributed by atoms with Gasteiger partial charge in [0.25, 0.3) is 0 Å². The van der Waals surface area contributed by atoms with Crippen LogP contribution in [0.25, 0.3) is 21.8 Å². The van der Waals surface area contributed by atoms with Crippen LogP contribution in [0.2, 0.25) is 0 Å². The van der Waals surface area contributed by atoms with Gasteiger partial charge in [0.15, 0.2) is 0 Å². The van der Waals surface area contributed by atoms with Gasteiger partial charge < -0.3 is 0 Å². The van der Waals surface area contributed by atoms with Gasteiger partial charge >= 0.3 is 0 Å². The molecule has 1 atom stereocenters. The number of hydrogen-bond acceptors (Lipinski definition) is 3. The van der Waals surface area contributed by atoms with Gasteiger partial charge in [-0.25, -0.2) is 9.97 Å². The lowest BCUT2D eigenvalue weighted by atomic mass is 9.96. The van der Waals surface area contributed by atoms with Crippen molar-refractivity contribution in [2.24, 2.45) is 0 Å². The van der Waals surface area contributed by atoms with Gasteiger partial charge in [0.05, 0.1) is 11.0 Å². The monoisotopic (exact) mass is 341 g/mol. The van der Waals surface area contributed by atoms with Crippen molar-refractivity contribution in [2.75, 3.05) is 0 Å². The van der Waals surface area contributed by atoms with E-state index >= 15 is 0 Å². The zero-order chi connectivity index (χ0) is 18.1. The minimum Gasteiger partial charge on any atom is -0.253 e. The lowest BCUT2D eigenvalue weighted by Crippen LogP contribution is -2.02. The third-order valence-corrected chi connectivity index (χ3v) is 4.85. The second-order valence-corrected chi connectivity index (χ2v) is 7.31. The fourth-order valence-corrected chi connectivity index (χ4v) is 3.32. The van der Waals surface area contributed by atoms with Crippen LogP contribution >= 0.6 is 0 Å². The molecule has 3 nitrogen and oxygen atoms in total. The Morgan fingerprint density at radius 1 is 0.808 bits per heavy atom. The molecule has 130 valence electrons. The average Bonchev–Trinajstić information content (AvgIpc) is 2.67. The number of rotatable bonds is 4. The summed E-state index contributed by atoms with van der Waals surface area (Å²) >= 11 is 0. The Morgan fingerprint density at radius 2 is 1.62 bits per heavy atom. The number of para-hydroxylation sites is 1. The number of fused-ring (bicyclic) bond motifs is 2. The molecule has 1 unspecified atom stereocenters. The standard InChI is InChI=1S/C23H23N3/c1-15(2)23-24-14-19-13-17(8-10-22(19)26-23)12-16(3)20-11-9-18-6-4-5-7-21(18)25-20/h4-11,13-16H,12H2,1-3H3. The number of pyridine rings is 1. The first-order valence-corrected chi connectivity index (χ1v) is 9.21. The molecule has 4 rings (SSSR count). The smallest absolute Gasteiger partial charge is 0.131 e. The Labute approximate surface area is 154 Å². The third-order valence-electron chi connectivity index (χ3n) is 4.85. The fourth-order valence-electron chi connectivity index (χ4n) is 3.32. The van der Waals surface area contributed by atoms with Crippen LogP contribution in [0.3, 0.4) is 0 Å². The summed E-state index contributed by atoms with van der Waals surface area (Å²) in [7, 11) is 0. The Balaban J connectivity index is 1.59. The molecule has 0 spiro atoms. The van der Waals surface area contributed by atoms with Crippen molar-refractivity contribution in [1.82, 2.24) is 15.0 Å². The van der Waals surface area contributed by atoms with E-state index in [1.165, 1.54) is 10.9 Å². The number of hydrogen-bond donors (Lipinski definition) is 0. The van der Waals surface area contributed by atoms with E-state index in [0.29, 0.717) is 11.8 Å². The Bertz CT molecular complexity index is 1070. The van der Waals surface area contributed by atoms with E-state index in [0.717, 1.165) is 34.4 Å². The van der Waals surface area contributed by atoms with Crippen molar-refractivity contribution >= 4 is 21.8 Å². The van der Waals surface area contributed by atoms with Crippen LogP contribution in [0.1, 0.15) is 49.7 Å². The predicted molar refractivity (Wildman–Crippen MR) is 107 cm³/mol. The minimum atomic E-state index is 0.345. The second kappa shape index (κ2) is 6.83. The van der Waals surface area contributed by atoms with Gasteiger partial charge in [-0.1, -0.05) is 51.1 Å². The highest BCUT2D eigenvalue weighted by atomic mass is 14.9. The van der Waals surface area contributed by atoms with Crippen LogP contribution in [0.5, 0.6) is 0 Å². The predicted octanol–water partition coefficient (Wildman–Crippen LogP) is 5.65. The summed E-state index contributed by atoms with van der Waals surface area (Å²) in [4.78, 5) is 14.0. The minimum absolute atomic E-state index is 0.345. The van der Waals surface area contributed by atoms with E-state index in [2.05, 4.69) is 79.3 Å². The van der Waals surface area contributed by atoms with Crippen LogP contribution in [-0.2, 0) is 6.42 Å². The molecule has 3 heteroatoms. The maximum Gasteiger partial charge on any atom is 0.131 e. The summed E-state index contributed by atoms with van der Waals surface area (Å²) in [6.45, 7) is 6.47. The molecule has 26 heavy (non-hydrogen) atoms. The van der Waals surface area contributed by atoms with Gasteiger partial charge in [0, 0.05) is 34.5 Å². The van der Waals surface area contributed by atoms with Crippen molar-refractivity contribution < 1.29 is 0 Å². The van der Waals surface area contributed by atoms with E-state index in [4.69, 9.17) is 4.98 Å². The molecule has 0 N–H and O–H groups in total. The molecule has 0 saturated carbocycles. The van der Waals surface area contributed by atoms with Gasteiger partial charge in [0.2, 0.25) is 0 Å². The molecule has 2 aromatic carbocycles. The van der Waals surface area contributed by atoms with E-state index in [1.807, 2.05) is 12.3 Å². The lowest BCUT2D eigenvalue weighted by molar-refractivity contribution is 0.735. The molecule has 0 saturated heterocycles. The summed E-state index contributed by atoms with van der Waals surface area (Å²) in [6, 6.07) is 19.1. The van der Waals surface area contributed by atoms with Gasteiger partial charge in [-0.15, -0.1) is 0 Å².